The predicted molar refractivity (Wildman–Crippen MR) is 60.4 cm³/mol. The van der Waals surface area contributed by atoms with Crippen molar-refractivity contribution in [2.24, 2.45) is 0 Å². The summed E-state index contributed by atoms with van der Waals surface area (Å²) in [5.41, 5.74) is 0.486. The van der Waals surface area contributed by atoms with Crippen LogP contribution in [0.2, 0.25) is 0 Å². The number of allylic oxidation sites excluding steroid dienone is 6. The molecule has 0 atom stereocenters. The third-order valence-electron chi connectivity index (χ3n) is 1.81. The molecule has 0 rings (SSSR count). The summed E-state index contributed by atoms with van der Waals surface area (Å²) < 4.78 is 13.1. The fourth-order valence-corrected chi connectivity index (χ4v) is 0.907. The van der Waals surface area contributed by atoms with Gasteiger partial charge in [0.15, 0.2) is 0 Å². The molecule has 0 saturated carbocycles. The molecule has 0 radical (unpaired) electrons. The second-order valence-corrected chi connectivity index (χ2v) is 3.10. The molecule has 78 valence electrons. The minimum absolute atomic E-state index is 0.277. The molecule has 0 aromatic carbocycles. The highest BCUT2D eigenvalue weighted by atomic mass is 19.1. The van der Waals surface area contributed by atoms with E-state index in [1.165, 1.54) is 12.2 Å². The fraction of sp³-hybridized carbons (Fsp3) is 0.417. The first-order chi connectivity index (χ1) is 6.72. The van der Waals surface area contributed by atoms with Crippen LogP contribution in [0.4, 0.5) is 4.39 Å². The molecule has 1 nitrogen and oxygen atoms in total. The molecule has 0 aliphatic carbocycles. The van der Waals surface area contributed by atoms with E-state index in [9.17, 15) is 4.39 Å². The molecular weight excluding hydrogens is 177 g/mol. The van der Waals surface area contributed by atoms with Crippen molar-refractivity contribution in [2.75, 3.05) is 0 Å². The van der Waals surface area contributed by atoms with E-state index in [-0.39, 0.29) is 5.83 Å². The maximum Gasteiger partial charge on any atom is 0.126 e. The Labute approximate surface area is 85.5 Å². The van der Waals surface area contributed by atoms with E-state index in [4.69, 9.17) is 5.41 Å². The second-order valence-electron chi connectivity index (χ2n) is 3.10. The third kappa shape index (κ3) is 6.35. The molecule has 0 spiro atoms. The van der Waals surface area contributed by atoms with Gasteiger partial charge in [-0.2, -0.15) is 0 Å². The van der Waals surface area contributed by atoms with E-state index in [1.807, 2.05) is 6.08 Å². The molecule has 0 bridgehead atoms. The van der Waals surface area contributed by atoms with Gasteiger partial charge in [-0.05, 0) is 31.1 Å². The summed E-state index contributed by atoms with van der Waals surface area (Å²) in [6.07, 6.45) is 10.9. The van der Waals surface area contributed by atoms with Crippen LogP contribution in [0.15, 0.2) is 35.7 Å². The molecule has 0 heterocycles. The molecule has 0 aromatic heterocycles. The standard InChI is InChI=1S/C12H18FN/c1-3-4-5-6-7-8-12(13)11(2)9-10-14/h6-10,14H,3-5H2,1-2H3/b7-6-,11-9+,12-8+,14-10?. The Morgan fingerprint density at radius 1 is 1.36 bits per heavy atom. The van der Waals surface area contributed by atoms with Gasteiger partial charge in [0, 0.05) is 6.21 Å². The van der Waals surface area contributed by atoms with Gasteiger partial charge in [-0.15, -0.1) is 0 Å². The first kappa shape index (κ1) is 12.8. The summed E-state index contributed by atoms with van der Waals surface area (Å²) in [4.78, 5) is 0. The number of hydrogen-bond acceptors (Lipinski definition) is 1. The molecule has 1 N–H and O–H groups in total. The highest BCUT2D eigenvalue weighted by Crippen LogP contribution is 2.09. The van der Waals surface area contributed by atoms with Gasteiger partial charge in [0.2, 0.25) is 0 Å². The van der Waals surface area contributed by atoms with Crippen LogP contribution < -0.4 is 0 Å². The molecule has 0 saturated heterocycles. The van der Waals surface area contributed by atoms with Gasteiger partial charge in [0.1, 0.15) is 5.83 Å². The van der Waals surface area contributed by atoms with Crippen molar-refractivity contribution in [3.8, 4) is 0 Å². The normalized spacial score (nSPS) is 13.6. The molecule has 2 heteroatoms. The Morgan fingerprint density at radius 3 is 2.64 bits per heavy atom. The molecule has 0 aliphatic heterocycles. The predicted octanol–water partition coefficient (Wildman–Crippen LogP) is 4.18. The Morgan fingerprint density at radius 2 is 2.07 bits per heavy atom. The lowest BCUT2D eigenvalue weighted by molar-refractivity contribution is 0.652. The molecule has 0 aromatic rings. The van der Waals surface area contributed by atoms with Crippen LogP contribution in [-0.2, 0) is 0 Å². The smallest absolute Gasteiger partial charge is 0.126 e. The van der Waals surface area contributed by atoms with E-state index in [1.54, 1.807) is 13.0 Å². The van der Waals surface area contributed by atoms with Gasteiger partial charge in [-0.1, -0.05) is 31.9 Å². The van der Waals surface area contributed by atoms with Crippen LogP contribution in [0, 0.1) is 5.41 Å². The Kier molecular flexibility index (Phi) is 7.71. The van der Waals surface area contributed by atoms with Gasteiger partial charge in [-0.25, -0.2) is 4.39 Å². The van der Waals surface area contributed by atoms with Crippen LogP contribution in [0.25, 0.3) is 0 Å². The average Bonchev–Trinajstić information content (AvgIpc) is 2.17. The van der Waals surface area contributed by atoms with E-state index in [0.29, 0.717) is 5.57 Å². The monoisotopic (exact) mass is 195 g/mol. The van der Waals surface area contributed by atoms with E-state index in [2.05, 4.69) is 6.92 Å². The topological polar surface area (TPSA) is 23.9 Å². The number of unbranched alkanes of at least 4 members (excludes halogenated alkanes) is 2. The first-order valence-corrected chi connectivity index (χ1v) is 4.92. The zero-order valence-electron chi connectivity index (χ0n) is 8.89. The SMILES string of the molecule is CCCC\C=C/C=C(F)\C(C)=C\C=N. The van der Waals surface area contributed by atoms with E-state index >= 15 is 0 Å². The Hall–Kier alpha value is -1.18. The van der Waals surface area contributed by atoms with Crippen LogP contribution in [0.5, 0.6) is 0 Å². The fourth-order valence-electron chi connectivity index (χ4n) is 0.907. The summed E-state index contributed by atoms with van der Waals surface area (Å²) in [7, 11) is 0. The first-order valence-electron chi connectivity index (χ1n) is 4.92. The molecule has 0 aliphatic rings. The molecule has 0 amide bonds. The largest absolute Gasteiger partial charge is 0.309 e. The van der Waals surface area contributed by atoms with Gasteiger partial charge in [0.25, 0.3) is 0 Å². The summed E-state index contributed by atoms with van der Waals surface area (Å²) in [6, 6.07) is 0. The van der Waals surface area contributed by atoms with E-state index in [0.717, 1.165) is 25.5 Å². The second kappa shape index (κ2) is 8.42. The van der Waals surface area contributed by atoms with Gasteiger partial charge >= 0.3 is 0 Å². The molecular formula is C12H18FN. The third-order valence-corrected chi connectivity index (χ3v) is 1.81. The molecule has 14 heavy (non-hydrogen) atoms. The van der Waals surface area contributed by atoms with Crippen LogP contribution in [0.1, 0.15) is 33.1 Å². The number of rotatable bonds is 6. The van der Waals surface area contributed by atoms with Crippen molar-refractivity contribution in [3.63, 3.8) is 0 Å². The minimum atomic E-state index is -0.277. The van der Waals surface area contributed by atoms with Crippen molar-refractivity contribution in [2.45, 2.75) is 33.1 Å². The minimum Gasteiger partial charge on any atom is -0.309 e. The average molecular weight is 195 g/mol. The molecule has 0 unspecified atom stereocenters. The van der Waals surface area contributed by atoms with Crippen LogP contribution in [-0.4, -0.2) is 6.21 Å². The zero-order chi connectivity index (χ0) is 10.8. The summed E-state index contributed by atoms with van der Waals surface area (Å²) in [6.45, 7) is 3.78. The van der Waals surface area contributed by atoms with Crippen molar-refractivity contribution in [3.05, 3.63) is 35.7 Å². The lowest BCUT2D eigenvalue weighted by Crippen LogP contribution is -1.77. The van der Waals surface area contributed by atoms with Crippen molar-refractivity contribution in [1.29, 1.82) is 5.41 Å². The highest BCUT2D eigenvalue weighted by molar-refractivity contribution is 5.70. The van der Waals surface area contributed by atoms with E-state index < -0.39 is 0 Å². The summed E-state index contributed by atoms with van der Waals surface area (Å²) in [5, 5.41) is 6.78. The lowest BCUT2D eigenvalue weighted by atomic mass is 10.2. The number of nitrogens with one attached hydrogen (secondary N) is 1. The Balaban J connectivity index is 4.04. The molecule has 0 fully saturated rings. The lowest BCUT2D eigenvalue weighted by Gasteiger charge is -1.92. The van der Waals surface area contributed by atoms with Crippen LogP contribution >= 0.6 is 0 Å². The van der Waals surface area contributed by atoms with Crippen molar-refractivity contribution < 1.29 is 4.39 Å². The van der Waals surface area contributed by atoms with Gasteiger partial charge in [0.05, 0.1) is 0 Å². The Bertz CT molecular complexity index is 249. The number of halogens is 1. The van der Waals surface area contributed by atoms with Crippen molar-refractivity contribution >= 4 is 6.21 Å². The van der Waals surface area contributed by atoms with Crippen LogP contribution in [0.3, 0.4) is 0 Å². The summed E-state index contributed by atoms with van der Waals surface area (Å²) in [5.74, 6) is -0.277. The maximum absolute atomic E-state index is 13.1. The maximum atomic E-state index is 13.1. The highest BCUT2D eigenvalue weighted by Gasteiger charge is 1.93. The van der Waals surface area contributed by atoms with Gasteiger partial charge in [-0.3, -0.25) is 0 Å². The van der Waals surface area contributed by atoms with Gasteiger partial charge < -0.3 is 5.41 Å². The number of hydrogen-bond donors (Lipinski definition) is 1. The zero-order valence-corrected chi connectivity index (χ0v) is 8.89. The quantitative estimate of drug-likeness (QED) is 0.373. The van der Waals surface area contributed by atoms with Crippen molar-refractivity contribution in [1.82, 2.24) is 0 Å². The summed E-state index contributed by atoms with van der Waals surface area (Å²) >= 11 is 0.